The van der Waals surface area contributed by atoms with Crippen molar-refractivity contribution in [3.8, 4) is 5.75 Å². The highest BCUT2D eigenvalue weighted by Gasteiger charge is 2.06. The summed E-state index contributed by atoms with van der Waals surface area (Å²) in [4.78, 5) is 11.4. The fourth-order valence-electron chi connectivity index (χ4n) is 1.37. The highest BCUT2D eigenvalue weighted by Crippen LogP contribution is 2.25. The Morgan fingerprint density at radius 1 is 1.53 bits per heavy atom. The molecule has 94 valence electrons. The molecule has 17 heavy (non-hydrogen) atoms. The third kappa shape index (κ3) is 4.63. The molecule has 0 radical (unpaired) electrons. The first kappa shape index (κ1) is 13.8. The molecule has 5 heteroatoms. The van der Waals surface area contributed by atoms with Crippen LogP contribution < -0.4 is 10.1 Å². The highest BCUT2D eigenvalue weighted by molar-refractivity contribution is 6.32. The summed E-state index contributed by atoms with van der Waals surface area (Å²) in [5.41, 5.74) is 0.814. The average Bonchev–Trinajstić information content (AvgIpc) is 2.30. The lowest BCUT2D eigenvalue weighted by molar-refractivity contribution is -0.120. The second-order valence-electron chi connectivity index (χ2n) is 3.45. The van der Waals surface area contributed by atoms with E-state index >= 15 is 0 Å². The van der Waals surface area contributed by atoms with E-state index in [0.29, 0.717) is 17.4 Å². The van der Waals surface area contributed by atoms with E-state index in [4.69, 9.17) is 21.4 Å². The molecule has 0 aliphatic heterocycles. The third-order valence-electron chi connectivity index (χ3n) is 2.09. The van der Waals surface area contributed by atoms with Gasteiger partial charge in [0.1, 0.15) is 5.75 Å². The molecular formula is C12H16ClNO3. The molecule has 0 heterocycles. The normalized spacial score (nSPS) is 10.1. The minimum absolute atomic E-state index is 0.0597. The minimum Gasteiger partial charge on any atom is -0.492 e. The van der Waals surface area contributed by atoms with Gasteiger partial charge in [-0.15, -0.1) is 0 Å². The van der Waals surface area contributed by atoms with Crippen molar-refractivity contribution in [1.29, 1.82) is 0 Å². The first-order valence-electron chi connectivity index (χ1n) is 5.46. The van der Waals surface area contributed by atoms with Crippen molar-refractivity contribution in [2.24, 2.45) is 0 Å². The van der Waals surface area contributed by atoms with Crippen LogP contribution in [0.3, 0.4) is 0 Å². The largest absolute Gasteiger partial charge is 0.492 e. The second-order valence-corrected chi connectivity index (χ2v) is 3.86. The number of rotatable bonds is 6. The molecule has 0 bridgehead atoms. The number of hydrogen-bond acceptors (Lipinski definition) is 3. The zero-order valence-corrected chi connectivity index (χ0v) is 10.5. The van der Waals surface area contributed by atoms with E-state index in [2.05, 4.69) is 5.32 Å². The summed E-state index contributed by atoms with van der Waals surface area (Å²) in [7, 11) is 0. The van der Waals surface area contributed by atoms with Gasteiger partial charge >= 0.3 is 0 Å². The molecule has 0 aromatic heterocycles. The molecule has 0 spiro atoms. The van der Waals surface area contributed by atoms with Gasteiger partial charge in [-0.25, -0.2) is 0 Å². The Balaban J connectivity index is 2.60. The summed E-state index contributed by atoms with van der Waals surface area (Å²) in [5.74, 6) is 0.480. The summed E-state index contributed by atoms with van der Waals surface area (Å²) in [6, 6.07) is 5.26. The maximum absolute atomic E-state index is 11.4. The molecular weight excluding hydrogens is 242 g/mol. The number of nitrogens with one attached hydrogen (secondary N) is 1. The van der Waals surface area contributed by atoms with Gasteiger partial charge in [-0.05, 0) is 24.6 Å². The van der Waals surface area contributed by atoms with Gasteiger partial charge in [-0.2, -0.15) is 0 Å². The Morgan fingerprint density at radius 3 is 2.88 bits per heavy atom. The molecule has 0 aliphatic carbocycles. The molecule has 1 amide bonds. The third-order valence-corrected chi connectivity index (χ3v) is 2.39. The standard InChI is InChI=1S/C12H16ClNO3/c1-2-17-11-4-3-9(7-10(11)13)8-12(16)14-5-6-15/h3-4,7,15H,2,5-6,8H2,1H3,(H,14,16). The van der Waals surface area contributed by atoms with Gasteiger partial charge in [0.15, 0.2) is 0 Å². The van der Waals surface area contributed by atoms with Crippen molar-refractivity contribution in [1.82, 2.24) is 5.32 Å². The number of benzene rings is 1. The number of aliphatic hydroxyl groups excluding tert-OH is 1. The SMILES string of the molecule is CCOc1ccc(CC(=O)NCCO)cc1Cl. The molecule has 0 unspecified atom stereocenters. The van der Waals surface area contributed by atoms with E-state index in [9.17, 15) is 4.79 Å². The van der Waals surface area contributed by atoms with Crippen LogP contribution in [0.1, 0.15) is 12.5 Å². The van der Waals surface area contributed by atoms with Crippen LogP contribution in [0, 0.1) is 0 Å². The van der Waals surface area contributed by atoms with Crippen LogP contribution in [-0.4, -0.2) is 30.8 Å². The lowest BCUT2D eigenvalue weighted by Gasteiger charge is -2.08. The van der Waals surface area contributed by atoms with Crippen molar-refractivity contribution in [2.45, 2.75) is 13.3 Å². The monoisotopic (exact) mass is 257 g/mol. The number of halogens is 1. The molecule has 0 saturated carbocycles. The molecule has 2 N–H and O–H groups in total. The second kappa shape index (κ2) is 7.14. The number of ether oxygens (including phenoxy) is 1. The van der Waals surface area contributed by atoms with E-state index in [1.54, 1.807) is 18.2 Å². The smallest absolute Gasteiger partial charge is 0.224 e. The predicted octanol–water partition coefficient (Wildman–Crippen LogP) is 1.39. The lowest BCUT2D eigenvalue weighted by Crippen LogP contribution is -2.27. The zero-order chi connectivity index (χ0) is 12.7. The number of amides is 1. The molecule has 1 rings (SSSR count). The lowest BCUT2D eigenvalue weighted by atomic mass is 10.1. The molecule has 0 fully saturated rings. The Labute approximate surface area is 106 Å². The Hall–Kier alpha value is -1.26. The summed E-state index contributed by atoms with van der Waals surface area (Å²) >= 11 is 6.00. The van der Waals surface area contributed by atoms with E-state index in [1.807, 2.05) is 6.92 Å². The predicted molar refractivity (Wildman–Crippen MR) is 66.4 cm³/mol. The van der Waals surface area contributed by atoms with E-state index in [1.165, 1.54) is 0 Å². The van der Waals surface area contributed by atoms with Crippen LogP contribution >= 0.6 is 11.6 Å². The van der Waals surface area contributed by atoms with Crippen LogP contribution in [0.2, 0.25) is 5.02 Å². The van der Waals surface area contributed by atoms with Crippen molar-refractivity contribution < 1.29 is 14.6 Å². The fourth-order valence-corrected chi connectivity index (χ4v) is 1.63. The number of carbonyl (C=O) groups excluding carboxylic acids is 1. The molecule has 1 aromatic carbocycles. The topological polar surface area (TPSA) is 58.6 Å². The first-order valence-corrected chi connectivity index (χ1v) is 5.84. The fraction of sp³-hybridized carbons (Fsp3) is 0.417. The molecule has 1 aromatic rings. The van der Waals surface area contributed by atoms with Crippen LogP contribution in [0.25, 0.3) is 0 Å². The van der Waals surface area contributed by atoms with E-state index < -0.39 is 0 Å². The van der Waals surface area contributed by atoms with Crippen LogP contribution in [0.5, 0.6) is 5.75 Å². The van der Waals surface area contributed by atoms with Crippen molar-refractivity contribution in [3.05, 3.63) is 28.8 Å². The van der Waals surface area contributed by atoms with E-state index in [0.717, 1.165) is 5.56 Å². The van der Waals surface area contributed by atoms with Gasteiger partial charge in [-0.1, -0.05) is 17.7 Å². The molecule has 0 atom stereocenters. The van der Waals surface area contributed by atoms with Crippen LogP contribution in [0.15, 0.2) is 18.2 Å². The Morgan fingerprint density at radius 2 is 2.29 bits per heavy atom. The maximum Gasteiger partial charge on any atom is 0.224 e. The summed E-state index contributed by atoms with van der Waals surface area (Å²) in [5, 5.41) is 11.6. The summed E-state index contributed by atoms with van der Waals surface area (Å²) in [6.07, 6.45) is 0.242. The number of hydrogen-bond donors (Lipinski definition) is 2. The van der Waals surface area contributed by atoms with Gasteiger partial charge < -0.3 is 15.2 Å². The minimum atomic E-state index is -0.140. The summed E-state index contributed by atoms with van der Waals surface area (Å²) in [6.45, 7) is 2.64. The van der Waals surface area contributed by atoms with Crippen molar-refractivity contribution in [2.75, 3.05) is 19.8 Å². The van der Waals surface area contributed by atoms with Gasteiger partial charge in [0, 0.05) is 6.54 Å². The summed E-state index contributed by atoms with van der Waals surface area (Å²) < 4.78 is 5.30. The quantitative estimate of drug-likeness (QED) is 0.810. The highest BCUT2D eigenvalue weighted by atomic mass is 35.5. The van der Waals surface area contributed by atoms with Crippen LogP contribution in [0.4, 0.5) is 0 Å². The number of carbonyl (C=O) groups is 1. The molecule has 0 aliphatic rings. The average molecular weight is 258 g/mol. The maximum atomic E-state index is 11.4. The van der Waals surface area contributed by atoms with Gasteiger partial charge in [0.05, 0.1) is 24.7 Å². The molecule has 4 nitrogen and oxygen atoms in total. The van der Waals surface area contributed by atoms with Gasteiger partial charge in [0.2, 0.25) is 5.91 Å². The first-order chi connectivity index (χ1) is 8.17. The zero-order valence-electron chi connectivity index (χ0n) is 9.70. The Bertz CT molecular complexity index is 382. The van der Waals surface area contributed by atoms with Crippen molar-refractivity contribution >= 4 is 17.5 Å². The number of aliphatic hydroxyl groups is 1. The van der Waals surface area contributed by atoms with Crippen molar-refractivity contribution in [3.63, 3.8) is 0 Å². The van der Waals surface area contributed by atoms with Crippen LogP contribution in [-0.2, 0) is 11.2 Å². The Kier molecular flexibility index (Phi) is 5.80. The van der Waals surface area contributed by atoms with E-state index in [-0.39, 0.29) is 25.5 Å². The van der Waals surface area contributed by atoms with Gasteiger partial charge in [-0.3, -0.25) is 4.79 Å². The van der Waals surface area contributed by atoms with Gasteiger partial charge in [0.25, 0.3) is 0 Å². The molecule has 0 saturated heterocycles.